The minimum atomic E-state index is -0.436. The fraction of sp³-hybridized carbons (Fsp3) is 0.406. The minimum Gasteiger partial charge on any atom is -0.512 e. The lowest BCUT2D eigenvalue weighted by Gasteiger charge is -2.31. The summed E-state index contributed by atoms with van der Waals surface area (Å²) in [6.45, 7) is 8.66. The van der Waals surface area contributed by atoms with Crippen LogP contribution in [0.15, 0.2) is 77.5 Å². The van der Waals surface area contributed by atoms with Gasteiger partial charge in [0.25, 0.3) is 0 Å². The van der Waals surface area contributed by atoms with Crippen LogP contribution in [0.4, 0.5) is 10.1 Å². The number of fused-ring (bicyclic) bond motifs is 1. The fourth-order valence-corrected chi connectivity index (χ4v) is 5.44. The number of hydrogen-bond acceptors (Lipinski definition) is 4. The Bertz CT molecular complexity index is 1340. The van der Waals surface area contributed by atoms with Crippen molar-refractivity contribution in [2.45, 2.75) is 72.6 Å². The Kier molecular flexibility index (Phi) is 9.33. The number of aliphatic hydroxyl groups excluding tert-OH is 1. The van der Waals surface area contributed by atoms with Crippen molar-refractivity contribution in [3.05, 3.63) is 95.3 Å². The molecule has 0 radical (unpaired) electrons. The maximum absolute atomic E-state index is 14.2. The molecule has 7 heteroatoms. The van der Waals surface area contributed by atoms with E-state index in [2.05, 4.69) is 41.0 Å². The number of hydrogen-bond donors (Lipinski definition) is 3. The van der Waals surface area contributed by atoms with E-state index in [0.717, 1.165) is 53.6 Å². The molecular formula is C32H40FN5O. The van der Waals surface area contributed by atoms with Crippen LogP contribution >= 0.6 is 0 Å². The van der Waals surface area contributed by atoms with Crippen molar-refractivity contribution in [3.63, 3.8) is 0 Å². The van der Waals surface area contributed by atoms with Gasteiger partial charge in [0.1, 0.15) is 0 Å². The maximum atomic E-state index is 14.2. The second-order valence-corrected chi connectivity index (χ2v) is 10.7. The van der Waals surface area contributed by atoms with Crippen LogP contribution in [0.1, 0.15) is 83.2 Å². The molecule has 0 amide bonds. The Labute approximate surface area is 231 Å². The first kappa shape index (κ1) is 28.3. The van der Waals surface area contributed by atoms with Gasteiger partial charge in [-0.15, -0.1) is 0 Å². The van der Waals surface area contributed by atoms with Crippen molar-refractivity contribution >= 4 is 17.2 Å². The number of H-pyrrole nitrogens is 1. The minimum absolute atomic E-state index is 0.317. The molecule has 206 valence electrons. The number of nitrogens with one attached hydrogen (secondary N) is 2. The Morgan fingerprint density at radius 1 is 1.23 bits per heavy atom. The van der Waals surface area contributed by atoms with Crippen molar-refractivity contribution in [1.29, 1.82) is 0 Å². The van der Waals surface area contributed by atoms with E-state index in [4.69, 9.17) is 4.99 Å². The number of aromatic amines is 1. The number of halogens is 1. The van der Waals surface area contributed by atoms with Gasteiger partial charge in [-0.1, -0.05) is 46.3 Å². The van der Waals surface area contributed by atoms with Gasteiger partial charge >= 0.3 is 0 Å². The van der Waals surface area contributed by atoms with E-state index in [1.54, 1.807) is 18.5 Å². The van der Waals surface area contributed by atoms with Gasteiger partial charge in [-0.25, -0.2) is 9.38 Å². The van der Waals surface area contributed by atoms with Crippen LogP contribution in [0, 0.1) is 17.2 Å². The molecule has 1 fully saturated rings. The zero-order valence-electron chi connectivity index (χ0n) is 23.5. The highest BCUT2D eigenvalue weighted by Crippen LogP contribution is 2.55. The first-order valence-corrected chi connectivity index (χ1v) is 14.0. The quantitative estimate of drug-likeness (QED) is 0.203. The summed E-state index contributed by atoms with van der Waals surface area (Å²) in [4.78, 5) is 16.2. The molecule has 0 aliphatic heterocycles. The predicted octanol–water partition coefficient (Wildman–Crippen LogP) is 8.23. The normalized spacial score (nSPS) is 20.7. The second-order valence-electron chi connectivity index (χ2n) is 10.7. The van der Waals surface area contributed by atoms with Crippen LogP contribution in [0.25, 0.3) is 5.70 Å². The number of amidine groups is 1. The Morgan fingerprint density at radius 2 is 2.08 bits per heavy atom. The Hall–Kier alpha value is -3.74. The first-order valence-electron chi connectivity index (χ1n) is 14.0. The van der Waals surface area contributed by atoms with Crippen molar-refractivity contribution in [3.8, 4) is 0 Å². The molecule has 2 aliphatic carbocycles. The van der Waals surface area contributed by atoms with Crippen LogP contribution in [0.5, 0.6) is 0 Å². The highest BCUT2D eigenvalue weighted by atomic mass is 19.1. The summed E-state index contributed by atoms with van der Waals surface area (Å²) in [5, 5.41) is 12.8. The molecule has 3 N–H and O–H groups in total. The van der Waals surface area contributed by atoms with Crippen LogP contribution in [-0.2, 0) is 6.42 Å². The van der Waals surface area contributed by atoms with Gasteiger partial charge in [0.2, 0.25) is 0 Å². The Morgan fingerprint density at radius 3 is 2.74 bits per heavy atom. The second kappa shape index (κ2) is 12.9. The lowest BCUT2D eigenvalue weighted by atomic mass is 9.75. The molecule has 1 saturated carbocycles. The largest absolute Gasteiger partial charge is 0.512 e. The third-order valence-electron chi connectivity index (χ3n) is 7.39. The van der Waals surface area contributed by atoms with Gasteiger partial charge in [0.15, 0.2) is 11.7 Å². The van der Waals surface area contributed by atoms with Gasteiger partial charge < -0.3 is 15.4 Å². The first-order chi connectivity index (χ1) is 18.9. The SMILES string of the molecule is CC/C=C(/N=C(Nc1ccncc1F)c1[nH]ccc1CC)c1ccccn1.CCCC1(C)CC(O)=C2CC2C1. The summed E-state index contributed by atoms with van der Waals surface area (Å²) in [5.41, 5.74) is 5.49. The smallest absolute Gasteiger partial charge is 0.164 e. The highest BCUT2D eigenvalue weighted by molar-refractivity contribution is 6.10. The molecular weight excluding hydrogens is 489 g/mol. The molecule has 2 aliphatic rings. The van der Waals surface area contributed by atoms with E-state index in [9.17, 15) is 9.50 Å². The van der Waals surface area contributed by atoms with Crippen LogP contribution < -0.4 is 5.32 Å². The number of aliphatic hydroxyl groups is 1. The number of aromatic nitrogens is 3. The van der Waals surface area contributed by atoms with Gasteiger partial charge in [-0.05, 0) is 78.8 Å². The molecule has 39 heavy (non-hydrogen) atoms. The summed E-state index contributed by atoms with van der Waals surface area (Å²) >= 11 is 0. The number of nitrogens with zero attached hydrogens (tertiary/aromatic N) is 3. The van der Waals surface area contributed by atoms with Gasteiger partial charge in [-0.3, -0.25) is 9.97 Å². The summed E-state index contributed by atoms with van der Waals surface area (Å²) in [5.74, 6) is 1.58. The zero-order chi connectivity index (χ0) is 27.8. The van der Waals surface area contributed by atoms with Gasteiger partial charge in [0, 0.05) is 25.0 Å². The number of aryl methyl sites for hydroxylation is 1. The third-order valence-corrected chi connectivity index (χ3v) is 7.39. The van der Waals surface area contributed by atoms with Crippen LogP contribution in [0.2, 0.25) is 0 Å². The van der Waals surface area contributed by atoms with Crippen LogP contribution in [0.3, 0.4) is 0 Å². The van der Waals surface area contributed by atoms with Crippen LogP contribution in [-0.4, -0.2) is 25.9 Å². The maximum Gasteiger partial charge on any atom is 0.164 e. The number of allylic oxidation sites excluding steroid dienone is 3. The van der Waals surface area contributed by atoms with Crippen molar-refractivity contribution < 1.29 is 9.50 Å². The zero-order valence-corrected chi connectivity index (χ0v) is 23.5. The fourth-order valence-electron chi connectivity index (χ4n) is 5.44. The van der Waals surface area contributed by atoms with E-state index in [-0.39, 0.29) is 0 Å². The lowest BCUT2D eigenvalue weighted by molar-refractivity contribution is 0.202. The molecule has 0 aromatic carbocycles. The molecule has 2 unspecified atom stereocenters. The molecule has 0 bridgehead atoms. The number of rotatable bonds is 8. The van der Waals surface area contributed by atoms with Gasteiger partial charge in [0.05, 0.1) is 34.7 Å². The van der Waals surface area contributed by atoms with Crippen molar-refractivity contribution in [2.24, 2.45) is 16.3 Å². The van der Waals surface area contributed by atoms with Crippen molar-refractivity contribution in [1.82, 2.24) is 15.0 Å². The molecule has 6 nitrogen and oxygen atoms in total. The molecule has 3 aromatic heterocycles. The molecule has 3 aromatic rings. The van der Waals surface area contributed by atoms with E-state index >= 15 is 0 Å². The standard InChI is InChI=1S/C21H22FN5.C11H18O/c1-3-7-19(18-8-5-6-11-24-18)27-21(20-15(4-2)9-13-25-20)26-17-10-12-23-14-16(17)22;1-3-4-11(2)6-8-5-9(8)10(12)7-11/h5-14,25H,3-4H2,1-2H3,(H,23,26,27);8,12H,3-7H2,1-2H3/b19-7+;. The molecule has 5 rings (SSSR count). The summed E-state index contributed by atoms with van der Waals surface area (Å²) in [7, 11) is 0. The van der Waals surface area contributed by atoms with Gasteiger partial charge in [-0.2, -0.15) is 0 Å². The third kappa shape index (κ3) is 7.22. The monoisotopic (exact) mass is 529 g/mol. The van der Waals surface area contributed by atoms with E-state index in [0.29, 0.717) is 16.9 Å². The average molecular weight is 530 g/mol. The number of pyridine rings is 2. The topological polar surface area (TPSA) is 86.2 Å². The highest BCUT2D eigenvalue weighted by Gasteiger charge is 2.44. The Balaban J connectivity index is 0.000000243. The van der Waals surface area contributed by atoms with E-state index in [1.165, 1.54) is 37.5 Å². The van der Waals surface area contributed by atoms with E-state index in [1.807, 2.05) is 43.5 Å². The molecule has 0 saturated heterocycles. The summed E-state index contributed by atoms with van der Waals surface area (Å²) < 4.78 is 14.2. The molecule has 3 heterocycles. The summed E-state index contributed by atoms with van der Waals surface area (Å²) in [6, 6.07) is 9.28. The van der Waals surface area contributed by atoms with E-state index < -0.39 is 5.82 Å². The summed E-state index contributed by atoms with van der Waals surface area (Å²) in [6.07, 6.45) is 15.9. The molecule has 2 atom stereocenters. The molecule has 0 spiro atoms. The average Bonchev–Trinajstić information content (AvgIpc) is 3.54. The number of anilines is 1. The van der Waals surface area contributed by atoms with Crippen molar-refractivity contribution in [2.75, 3.05) is 5.32 Å². The number of aliphatic imine (C=N–C) groups is 1. The lowest BCUT2D eigenvalue weighted by Crippen LogP contribution is -2.20. The predicted molar refractivity (Wildman–Crippen MR) is 157 cm³/mol.